The quantitative estimate of drug-likeness (QED) is 0.445. The van der Waals surface area contributed by atoms with Gasteiger partial charge in [0, 0.05) is 52.1 Å². The molecule has 1 atom stereocenters. The molecular weight excluding hydrogens is 405 g/mol. The lowest BCUT2D eigenvalue weighted by Crippen LogP contribution is -2.47. The maximum absolute atomic E-state index is 13.7. The van der Waals surface area contributed by atoms with E-state index in [1.165, 1.54) is 24.5 Å². The highest BCUT2D eigenvalue weighted by atomic mass is 32.2. The van der Waals surface area contributed by atoms with Crippen LogP contribution in [0.3, 0.4) is 0 Å². The third kappa shape index (κ3) is 8.97. The second kappa shape index (κ2) is 11.6. The molecule has 0 aliphatic carbocycles. The molecule has 170 valence electrons. The van der Waals surface area contributed by atoms with Gasteiger partial charge in [-0.2, -0.15) is 0 Å². The summed E-state index contributed by atoms with van der Waals surface area (Å²) in [7, 11) is -1.06. The highest BCUT2D eigenvalue weighted by Crippen LogP contribution is 2.15. The average molecular weight is 442 g/mol. The third-order valence-electron chi connectivity index (χ3n) is 5.12. The zero-order valence-electron chi connectivity index (χ0n) is 18.6. The zero-order valence-corrected chi connectivity index (χ0v) is 19.4. The standard InChI is InChI=1S/C21H36FN5O2S/c1-5-23-21(24-13-17(2)15-27-10-8-26(3)9-11-27)25-14-19-12-20(22)7-6-18(19)16-30(4,28)29/h6-7,12,17H,5,8-11,13-16H2,1-4H3,(H2,23,24,25). The van der Waals surface area contributed by atoms with E-state index in [0.29, 0.717) is 29.5 Å². The van der Waals surface area contributed by atoms with Gasteiger partial charge in [0.1, 0.15) is 5.82 Å². The van der Waals surface area contributed by atoms with Crippen molar-refractivity contribution in [2.45, 2.75) is 26.1 Å². The lowest BCUT2D eigenvalue weighted by molar-refractivity contribution is 0.139. The zero-order chi connectivity index (χ0) is 22.1. The highest BCUT2D eigenvalue weighted by Gasteiger charge is 2.16. The molecule has 2 N–H and O–H groups in total. The van der Waals surface area contributed by atoms with Gasteiger partial charge in [-0.3, -0.25) is 0 Å². The van der Waals surface area contributed by atoms with E-state index < -0.39 is 15.7 Å². The predicted octanol–water partition coefficient (Wildman–Crippen LogP) is 1.31. The Morgan fingerprint density at radius 1 is 1.20 bits per heavy atom. The second-order valence-electron chi connectivity index (χ2n) is 8.27. The fourth-order valence-corrected chi connectivity index (χ4v) is 4.32. The first-order valence-corrected chi connectivity index (χ1v) is 12.6. The van der Waals surface area contributed by atoms with Crippen molar-refractivity contribution in [1.82, 2.24) is 20.4 Å². The minimum atomic E-state index is -3.21. The first-order valence-electron chi connectivity index (χ1n) is 10.5. The lowest BCUT2D eigenvalue weighted by atomic mass is 10.1. The van der Waals surface area contributed by atoms with Crippen molar-refractivity contribution in [3.8, 4) is 0 Å². The minimum absolute atomic E-state index is 0.121. The molecule has 1 unspecified atom stereocenters. The van der Waals surface area contributed by atoms with Crippen molar-refractivity contribution in [1.29, 1.82) is 0 Å². The molecule has 0 amide bonds. The molecule has 2 rings (SSSR count). The number of aliphatic imine (C=N–C) groups is 1. The maximum Gasteiger partial charge on any atom is 0.191 e. The molecule has 1 fully saturated rings. The number of guanidine groups is 1. The summed E-state index contributed by atoms with van der Waals surface area (Å²) in [5.41, 5.74) is 1.17. The largest absolute Gasteiger partial charge is 0.357 e. The summed E-state index contributed by atoms with van der Waals surface area (Å²) in [6, 6.07) is 4.18. The smallest absolute Gasteiger partial charge is 0.191 e. The molecule has 1 saturated heterocycles. The van der Waals surface area contributed by atoms with Gasteiger partial charge in [-0.05, 0) is 43.1 Å². The number of likely N-dealkylation sites (N-methyl/N-ethyl adjacent to an activating group) is 1. The van der Waals surface area contributed by atoms with Crippen LogP contribution in [0.2, 0.25) is 0 Å². The number of nitrogens with zero attached hydrogens (tertiary/aromatic N) is 3. The van der Waals surface area contributed by atoms with Crippen LogP contribution in [-0.4, -0.2) is 83.3 Å². The first kappa shape index (κ1) is 24.6. The van der Waals surface area contributed by atoms with Crippen LogP contribution in [0.15, 0.2) is 23.2 Å². The molecule has 1 aliphatic heterocycles. The number of piperazine rings is 1. The van der Waals surface area contributed by atoms with Crippen molar-refractivity contribution >= 4 is 15.8 Å². The predicted molar refractivity (Wildman–Crippen MR) is 121 cm³/mol. The summed E-state index contributed by atoms with van der Waals surface area (Å²) < 4.78 is 37.1. The van der Waals surface area contributed by atoms with Crippen LogP contribution in [0.4, 0.5) is 4.39 Å². The summed E-state index contributed by atoms with van der Waals surface area (Å²) in [5.74, 6) is 0.588. The van der Waals surface area contributed by atoms with Gasteiger partial charge >= 0.3 is 0 Å². The maximum atomic E-state index is 13.7. The van der Waals surface area contributed by atoms with Gasteiger partial charge in [0.2, 0.25) is 0 Å². The van der Waals surface area contributed by atoms with Crippen LogP contribution in [0.25, 0.3) is 0 Å². The molecule has 0 spiro atoms. The Hall–Kier alpha value is -1.71. The topological polar surface area (TPSA) is 77.0 Å². The van der Waals surface area contributed by atoms with Gasteiger partial charge in [0.25, 0.3) is 0 Å². The minimum Gasteiger partial charge on any atom is -0.357 e. The van der Waals surface area contributed by atoms with E-state index in [1.807, 2.05) is 6.92 Å². The Balaban J connectivity index is 1.96. The number of benzene rings is 1. The molecule has 7 nitrogen and oxygen atoms in total. The molecular formula is C21H36FN5O2S. The van der Waals surface area contributed by atoms with E-state index in [4.69, 9.17) is 0 Å². The summed E-state index contributed by atoms with van der Waals surface area (Å²) in [5, 5.41) is 6.57. The van der Waals surface area contributed by atoms with Crippen LogP contribution in [0.5, 0.6) is 0 Å². The highest BCUT2D eigenvalue weighted by molar-refractivity contribution is 7.89. The second-order valence-corrected chi connectivity index (χ2v) is 10.4. The Bertz CT molecular complexity index is 808. The summed E-state index contributed by atoms with van der Waals surface area (Å²) >= 11 is 0. The van der Waals surface area contributed by atoms with Crippen LogP contribution in [0, 0.1) is 11.7 Å². The molecule has 0 saturated carbocycles. The Labute approximate surface area is 180 Å². The first-order chi connectivity index (χ1) is 14.2. The SMILES string of the molecule is CCNC(=NCc1cc(F)ccc1CS(C)(=O)=O)NCC(C)CN1CCN(C)CC1. The fraction of sp³-hybridized carbons (Fsp3) is 0.667. The number of hydrogen-bond acceptors (Lipinski definition) is 5. The molecule has 9 heteroatoms. The molecule has 0 bridgehead atoms. The van der Waals surface area contributed by atoms with Gasteiger partial charge in [0.15, 0.2) is 15.8 Å². The van der Waals surface area contributed by atoms with Crippen LogP contribution >= 0.6 is 0 Å². The number of sulfone groups is 1. The summed E-state index contributed by atoms with van der Waals surface area (Å²) in [4.78, 5) is 9.39. The van der Waals surface area contributed by atoms with E-state index >= 15 is 0 Å². The molecule has 1 aliphatic rings. The summed E-state index contributed by atoms with van der Waals surface area (Å²) in [6.07, 6.45) is 1.18. The molecule has 30 heavy (non-hydrogen) atoms. The van der Waals surface area contributed by atoms with E-state index in [-0.39, 0.29) is 12.3 Å². The van der Waals surface area contributed by atoms with Gasteiger partial charge in [-0.25, -0.2) is 17.8 Å². The van der Waals surface area contributed by atoms with Crippen molar-refractivity contribution in [2.24, 2.45) is 10.9 Å². The number of nitrogens with one attached hydrogen (secondary N) is 2. The lowest BCUT2D eigenvalue weighted by Gasteiger charge is -2.34. The molecule has 1 aromatic rings. The van der Waals surface area contributed by atoms with E-state index in [2.05, 4.69) is 39.4 Å². The molecule has 0 radical (unpaired) electrons. The number of halogens is 1. The molecule has 1 aromatic carbocycles. The Morgan fingerprint density at radius 3 is 2.53 bits per heavy atom. The average Bonchev–Trinajstić information content (AvgIpc) is 2.66. The fourth-order valence-electron chi connectivity index (χ4n) is 3.48. The third-order valence-corrected chi connectivity index (χ3v) is 5.96. The van der Waals surface area contributed by atoms with Crippen LogP contribution in [0.1, 0.15) is 25.0 Å². The van der Waals surface area contributed by atoms with Crippen molar-refractivity contribution in [2.75, 3.05) is 59.1 Å². The number of hydrogen-bond donors (Lipinski definition) is 2. The number of rotatable bonds is 9. The van der Waals surface area contributed by atoms with Crippen LogP contribution < -0.4 is 10.6 Å². The Morgan fingerprint density at radius 2 is 1.90 bits per heavy atom. The van der Waals surface area contributed by atoms with E-state index in [0.717, 1.165) is 39.3 Å². The van der Waals surface area contributed by atoms with Crippen molar-refractivity contribution in [3.63, 3.8) is 0 Å². The van der Waals surface area contributed by atoms with Crippen LogP contribution in [-0.2, 0) is 22.1 Å². The summed E-state index contributed by atoms with van der Waals surface area (Å²) in [6.45, 7) is 11.3. The van der Waals surface area contributed by atoms with E-state index in [1.54, 1.807) is 0 Å². The normalized spacial score (nSPS) is 17.7. The Kier molecular flexibility index (Phi) is 9.51. The van der Waals surface area contributed by atoms with E-state index in [9.17, 15) is 12.8 Å². The molecule has 1 heterocycles. The van der Waals surface area contributed by atoms with Gasteiger partial charge in [-0.15, -0.1) is 0 Å². The monoisotopic (exact) mass is 441 g/mol. The van der Waals surface area contributed by atoms with Crippen molar-refractivity contribution in [3.05, 3.63) is 35.1 Å². The van der Waals surface area contributed by atoms with Crippen molar-refractivity contribution < 1.29 is 12.8 Å². The van der Waals surface area contributed by atoms with Gasteiger partial charge < -0.3 is 20.4 Å². The van der Waals surface area contributed by atoms with Gasteiger partial charge in [0.05, 0.1) is 12.3 Å². The molecule has 0 aromatic heterocycles. The van der Waals surface area contributed by atoms with Gasteiger partial charge in [-0.1, -0.05) is 13.0 Å².